The van der Waals surface area contributed by atoms with Crippen molar-refractivity contribution < 1.29 is 0 Å². The highest BCUT2D eigenvalue weighted by Gasteiger charge is 2.31. The first-order chi connectivity index (χ1) is 7.72. The topological polar surface area (TPSA) is 0 Å². The van der Waals surface area contributed by atoms with Crippen LogP contribution in [0.15, 0.2) is 24.3 Å². The number of allylic oxidation sites excluding steroid dienone is 2. The summed E-state index contributed by atoms with van der Waals surface area (Å²) in [4.78, 5) is 0. The highest BCUT2D eigenvalue weighted by Crippen LogP contribution is 2.45. The number of fused-ring (bicyclic) bond motifs is 1. The molecule has 1 aliphatic rings. The molecule has 0 atom stereocenters. The number of hydrogen-bond acceptors (Lipinski definition) is 0. The summed E-state index contributed by atoms with van der Waals surface area (Å²) in [5, 5.41) is 0. The minimum absolute atomic E-state index is 0.235. The number of hydrogen-bond donors (Lipinski definition) is 0. The molecule has 92 valence electrons. The van der Waals surface area contributed by atoms with Crippen molar-refractivity contribution in [1.29, 1.82) is 0 Å². The molecule has 0 aliphatic heterocycles. The minimum atomic E-state index is 0.235. The fourth-order valence-electron chi connectivity index (χ4n) is 2.76. The standard InChI is InChI=1S/C17H24/c1-12-7-8-15-13(11-12)14(16(2,3)4)9-10-17(15,5)6/h7-9,11H,10H2,1-6H3. The summed E-state index contributed by atoms with van der Waals surface area (Å²) < 4.78 is 0. The Kier molecular flexibility index (Phi) is 2.72. The molecule has 0 heteroatoms. The van der Waals surface area contributed by atoms with Gasteiger partial charge in [-0.2, -0.15) is 0 Å². The molecular formula is C17H24. The van der Waals surface area contributed by atoms with E-state index in [1.165, 1.54) is 22.3 Å². The first-order valence-electron chi connectivity index (χ1n) is 6.54. The van der Waals surface area contributed by atoms with E-state index in [1.807, 2.05) is 0 Å². The summed E-state index contributed by atoms with van der Waals surface area (Å²) in [7, 11) is 0. The second-order valence-corrected chi connectivity index (χ2v) is 7.00. The van der Waals surface area contributed by atoms with Crippen LogP contribution in [0.3, 0.4) is 0 Å². The van der Waals surface area contributed by atoms with Gasteiger partial charge in [0, 0.05) is 0 Å². The van der Waals surface area contributed by atoms with Crippen LogP contribution in [0.1, 0.15) is 57.7 Å². The Morgan fingerprint density at radius 3 is 2.35 bits per heavy atom. The Morgan fingerprint density at radius 1 is 1.12 bits per heavy atom. The Bertz CT molecular complexity index is 467. The highest BCUT2D eigenvalue weighted by atomic mass is 14.4. The van der Waals surface area contributed by atoms with Crippen molar-refractivity contribution in [2.24, 2.45) is 5.41 Å². The van der Waals surface area contributed by atoms with Gasteiger partial charge < -0.3 is 0 Å². The molecule has 0 spiro atoms. The molecule has 2 rings (SSSR count). The van der Waals surface area contributed by atoms with Crippen LogP contribution in [-0.4, -0.2) is 0 Å². The van der Waals surface area contributed by atoms with E-state index in [1.54, 1.807) is 0 Å². The molecule has 1 aliphatic carbocycles. The summed E-state index contributed by atoms with van der Waals surface area (Å²) in [5.41, 5.74) is 6.35. The molecule has 0 N–H and O–H groups in total. The number of aryl methyl sites for hydroxylation is 1. The van der Waals surface area contributed by atoms with E-state index in [2.05, 4.69) is 65.8 Å². The van der Waals surface area contributed by atoms with Gasteiger partial charge in [-0.25, -0.2) is 0 Å². The summed E-state index contributed by atoms with van der Waals surface area (Å²) in [6.45, 7) is 13.8. The lowest BCUT2D eigenvalue weighted by Gasteiger charge is -2.36. The molecule has 0 saturated heterocycles. The van der Waals surface area contributed by atoms with Crippen molar-refractivity contribution in [3.8, 4) is 0 Å². The number of rotatable bonds is 0. The van der Waals surface area contributed by atoms with Gasteiger partial charge in [-0.15, -0.1) is 0 Å². The molecule has 0 unspecified atom stereocenters. The van der Waals surface area contributed by atoms with E-state index in [4.69, 9.17) is 0 Å². The maximum absolute atomic E-state index is 2.45. The highest BCUT2D eigenvalue weighted by molar-refractivity contribution is 5.75. The predicted molar refractivity (Wildman–Crippen MR) is 76.3 cm³/mol. The Hall–Kier alpha value is -1.04. The zero-order valence-corrected chi connectivity index (χ0v) is 12.0. The molecule has 0 aromatic heterocycles. The quantitative estimate of drug-likeness (QED) is 0.579. The maximum Gasteiger partial charge on any atom is -0.00629 e. The van der Waals surface area contributed by atoms with Crippen molar-refractivity contribution >= 4 is 5.57 Å². The van der Waals surface area contributed by atoms with Crippen LogP contribution in [0.25, 0.3) is 5.57 Å². The third kappa shape index (κ3) is 2.18. The predicted octanol–water partition coefficient (Wildman–Crippen LogP) is 5.11. The van der Waals surface area contributed by atoms with Crippen LogP contribution in [0.5, 0.6) is 0 Å². The second-order valence-electron chi connectivity index (χ2n) is 7.00. The zero-order chi connectivity index (χ0) is 12.8. The molecular weight excluding hydrogens is 204 g/mol. The van der Waals surface area contributed by atoms with Gasteiger partial charge in [-0.05, 0) is 40.9 Å². The van der Waals surface area contributed by atoms with Gasteiger partial charge in [0.2, 0.25) is 0 Å². The SMILES string of the molecule is Cc1ccc2c(c1)C(C(C)(C)C)=CCC2(C)C. The fourth-order valence-corrected chi connectivity index (χ4v) is 2.76. The maximum atomic E-state index is 2.45. The van der Waals surface area contributed by atoms with Crippen LogP contribution in [0.2, 0.25) is 0 Å². The van der Waals surface area contributed by atoms with Crippen molar-refractivity contribution in [3.63, 3.8) is 0 Å². The molecule has 0 bridgehead atoms. The monoisotopic (exact) mass is 228 g/mol. The number of benzene rings is 1. The van der Waals surface area contributed by atoms with Crippen LogP contribution in [0, 0.1) is 12.3 Å². The van der Waals surface area contributed by atoms with E-state index < -0.39 is 0 Å². The third-order valence-corrected chi connectivity index (χ3v) is 3.82. The molecule has 17 heavy (non-hydrogen) atoms. The average molecular weight is 228 g/mol. The first kappa shape index (κ1) is 12.4. The zero-order valence-electron chi connectivity index (χ0n) is 12.0. The average Bonchev–Trinajstić information content (AvgIpc) is 2.14. The van der Waals surface area contributed by atoms with Gasteiger partial charge in [0.1, 0.15) is 0 Å². The lowest BCUT2D eigenvalue weighted by atomic mass is 9.68. The van der Waals surface area contributed by atoms with E-state index in [-0.39, 0.29) is 10.8 Å². The summed E-state index contributed by atoms with van der Waals surface area (Å²) in [5.74, 6) is 0. The van der Waals surface area contributed by atoms with Crippen molar-refractivity contribution in [1.82, 2.24) is 0 Å². The van der Waals surface area contributed by atoms with E-state index >= 15 is 0 Å². The molecule has 0 heterocycles. The van der Waals surface area contributed by atoms with Gasteiger partial charge in [0.05, 0.1) is 0 Å². The van der Waals surface area contributed by atoms with Crippen LogP contribution >= 0.6 is 0 Å². The van der Waals surface area contributed by atoms with Crippen LogP contribution in [-0.2, 0) is 5.41 Å². The lowest BCUT2D eigenvalue weighted by molar-refractivity contribution is 0.503. The molecule has 0 amide bonds. The Balaban J connectivity index is 2.65. The van der Waals surface area contributed by atoms with Crippen molar-refractivity contribution in [3.05, 3.63) is 41.0 Å². The molecule has 0 fully saturated rings. The smallest absolute Gasteiger partial charge is 0.00629 e. The van der Waals surface area contributed by atoms with Crippen molar-refractivity contribution in [2.75, 3.05) is 0 Å². The van der Waals surface area contributed by atoms with Crippen LogP contribution in [0.4, 0.5) is 0 Å². The van der Waals surface area contributed by atoms with Gasteiger partial charge in [0.25, 0.3) is 0 Å². The molecule has 1 aromatic carbocycles. The van der Waals surface area contributed by atoms with Crippen molar-refractivity contribution in [2.45, 2.75) is 53.4 Å². The van der Waals surface area contributed by atoms with Gasteiger partial charge in [-0.3, -0.25) is 0 Å². The first-order valence-corrected chi connectivity index (χ1v) is 6.54. The summed E-state index contributed by atoms with van der Waals surface area (Å²) in [6.07, 6.45) is 3.59. The van der Waals surface area contributed by atoms with E-state index in [9.17, 15) is 0 Å². The second kappa shape index (κ2) is 3.73. The Labute approximate surface area is 106 Å². The van der Waals surface area contributed by atoms with E-state index in [0.717, 1.165) is 6.42 Å². The molecule has 0 radical (unpaired) electrons. The van der Waals surface area contributed by atoms with Crippen LogP contribution < -0.4 is 0 Å². The summed E-state index contributed by atoms with van der Waals surface area (Å²) in [6, 6.07) is 6.92. The van der Waals surface area contributed by atoms with Gasteiger partial charge >= 0.3 is 0 Å². The summed E-state index contributed by atoms with van der Waals surface area (Å²) >= 11 is 0. The molecule has 0 saturated carbocycles. The molecule has 0 nitrogen and oxygen atoms in total. The fraction of sp³-hybridized carbons (Fsp3) is 0.529. The third-order valence-electron chi connectivity index (χ3n) is 3.82. The Morgan fingerprint density at radius 2 is 1.76 bits per heavy atom. The van der Waals surface area contributed by atoms with E-state index in [0.29, 0.717) is 0 Å². The minimum Gasteiger partial charge on any atom is -0.0793 e. The lowest BCUT2D eigenvalue weighted by Crippen LogP contribution is -2.25. The van der Waals surface area contributed by atoms with Gasteiger partial charge in [0.15, 0.2) is 0 Å². The van der Waals surface area contributed by atoms with Gasteiger partial charge in [-0.1, -0.05) is 64.5 Å². The largest absolute Gasteiger partial charge is 0.0793 e. The normalized spacial score (nSPS) is 18.6. The molecule has 1 aromatic rings.